The van der Waals surface area contributed by atoms with Gasteiger partial charge in [-0.3, -0.25) is 4.90 Å². The van der Waals surface area contributed by atoms with Crippen LogP contribution in [0.5, 0.6) is 0 Å². The van der Waals surface area contributed by atoms with Crippen molar-refractivity contribution in [3.63, 3.8) is 0 Å². The predicted octanol–water partition coefficient (Wildman–Crippen LogP) is 3.29. The maximum Gasteiger partial charge on any atom is 0.410 e. The molecule has 3 unspecified atom stereocenters. The van der Waals surface area contributed by atoms with Crippen LogP contribution in [0.1, 0.15) is 19.4 Å². The third-order valence-corrected chi connectivity index (χ3v) is 4.55. The summed E-state index contributed by atoms with van der Waals surface area (Å²) in [5.74, 6) is 6.41. The van der Waals surface area contributed by atoms with Gasteiger partial charge in [0.25, 0.3) is 0 Å². The minimum absolute atomic E-state index is 0.113. The molecule has 6 heteroatoms. The zero-order valence-corrected chi connectivity index (χ0v) is 13.6. The summed E-state index contributed by atoms with van der Waals surface area (Å²) in [5, 5.41) is 14.0. The number of carbonyl (C=O) groups is 1. The Labute approximate surface area is 139 Å². The van der Waals surface area contributed by atoms with Gasteiger partial charge in [0, 0.05) is 17.1 Å². The lowest BCUT2D eigenvalue weighted by Gasteiger charge is -2.18. The normalized spacial score (nSPS) is 25.5. The summed E-state index contributed by atoms with van der Waals surface area (Å²) in [6.45, 7) is 4.60. The van der Waals surface area contributed by atoms with Crippen molar-refractivity contribution in [3.05, 3.63) is 34.9 Å². The van der Waals surface area contributed by atoms with Gasteiger partial charge in [-0.2, -0.15) is 0 Å². The molecule has 2 aliphatic rings. The largest absolute Gasteiger partial charge is 0.465 e. The highest BCUT2D eigenvalue weighted by Gasteiger charge is 2.52. The molecular formula is C17H17ClN2O3. The van der Waals surface area contributed by atoms with Crippen molar-refractivity contribution in [2.24, 2.45) is 22.9 Å². The number of oxime groups is 1. The van der Waals surface area contributed by atoms with E-state index >= 15 is 0 Å². The standard InChI is InChI=1S/C17H17ClN2O3/c1-10(2)13-9-20(17(21)22)16-15(13)14(19-23-16)7-6-11-4-3-5-12(18)8-11/h3-5,8,10,13,15-16H,9H2,1-2H3,(H,21,22). The van der Waals surface area contributed by atoms with Gasteiger partial charge in [-0.05, 0) is 36.0 Å². The van der Waals surface area contributed by atoms with Crippen LogP contribution in [0.25, 0.3) is 0 Å². The molecule has 1 N–H and O–H groups in total. The van der Waals surface area contributed by atoms with Crippen molar-refractivity contribution in [2.45, 2.75) is 20.1 Å². The zero-order chi connectivity index (χ0) is 16.6. The molecule has 0 bridgehead atoms. The summed E-state index contributed by atoms with van der Waals surface area (Å²) in [6, 6.07) is 7.27. The monoisotopic (exact) mass is 332 g/mol. The van der Waals surface area contributed by atoms with Crippen molar-refractivity contribution < 1.29 is 14.7 Å². The Bertz CT molecular complexity index is 720. The molecule has 0 radical (unpaired) electrons. The number of hydrogen-bond donors (Lipinski definition) is 1. The van der Waals surface area contributed by atoms with Crippen molar-refractivity contribution in [2.75, 3.05) is 6.54 Å². The molecule has 5 nitrogen and oxygen atoms in total. The summed E-state index contributed by atoms with van der Waals surface area (Å²) in [5.41, 5.74) is 1.40. The Morgan fingerprint density at radius 3 is 2.91 bits per heavy atom. The van der Waals surface area contributed by atoms with Gasteiger partial charge in [0.1, 0.15) is 5.71 Å². The molecule has 3 atom stereocenters. The lowest BCUT2D eigenvalue weighted by atomic mass is 9.83. The van der Waals surface area contributed by atoms with E-state index in [0.717, 1.165) is 5.56 Å². The number of amides is 1. The second kappa shape index (κ2) is 6.13. The maximum atomic E-state index is 11.4. The molecule has 1 fully saturated rings. The van der Waals surface area contributed by atoms with Crippen LogP contribution in [0, 0.1) is 29.6 Å². The van der Waals surface area contributed by atoms with E-state index in [4.69, 9.17) is 16.4 Å². The smallest absolute Gasteiger partial charge is 0.410 e. The molecule has 0 aromatic heterocycles. The molecule has 1 aromatic rings. The predicted molar refractivity (Wildman–Crippen MR) is 87.2 cm³/mol. The molecule has 1 saturated heterocycles. The van der Waals surface area contributed by atoms with Gasteiger partial charge in [0.05, 0.1) is 5.92 Å². The van der Waals surface area contributed by atoms with E-state index in [1.165, 1.54) is 4.90 Å². The average Bonchev–Trinajstić information content (AvgIpc) is 3.05. The van der Waals surface area contributed by atoms with E-state index in [-0.39, 0.29) is 11.8 Å². The first kappa shape index (κ1) is 15.7. The van der Waals surface area contributed by atoms with E-state index < -0.39 is 12.3 Å². The number of carboxylic acid groups (broad SMARTS) is 1. The van der Waals surface area contributed by atoms with E-state index in [1.807, 2.05) is 12.1 Å². The minimum atomic E-state index is -0.984. The fourth-order valence-corrected chi connectivity index (χ4v) is 3.29. The lowest BCUT2D eigenvalue weighted by Crippen LogP contribution is -2.36. The van der Waals surface area contributed by atoms with Gasteiger partial charge >= 0.3 is 6.09 Å². The minimum Gasteiger partial charge on any atom is -0.465 e. The Morgan fingerprint density at radius 1 is 1.48 bits per heavy atom. The Morgan fingerprint density at radius 2 is 2.26 bits per heavy atom. The van der Waals surface area contributed by atoms with E-state index in [2.05, 4.69) is 30.8 Å². The van der Waals surface area contributed by atoms with Gasteiger partial charge in [0.2, 0.25) is 6.23 Å². The van der Waals surface area contributed by atoms with E-state index in [0.29, 0.717) is 23.2 Å². The molecule has 3 rings (SSSR count). The summed E-state index contributed by atoms with van der Waals surface area (Å²) in [7, 11) is 0. The number of hydrogen-bond acceptors (Lipinski definition) is 3. The fraction of sp³-hybridized carbons (Fsp3) is 0.412. The SMILES string of the molecule is CC(C)C1CN(C(=O)O)C2ON=C(C#Cc3cccc(Cl)c3)C12. The topological polar surface area (TPSA) is 62.1 Å². The van der Waals surface area contributed by atoms with Crippen LogP contribution < -0.4 is 0 Å². The van der Waals surface area contributed by atoms with Gasteiger partial charge < -0.3 is 9.94 Å². The van der Waals surface area contributed by atoms with Crippen LogP contribution in [0.2, 0.25) is 5.02 Å². The number of likely N-dealkylation sites (tertiary alicyclic amines) is 1. The van der Waals surface area contributed by atoms with E-state index in [1.54, 1.807) is 12.1 Å². The van der Waals surface area contributed by atoms with E-state index in [9.17, 15) is 9.90 Å². The molecule has 120 valence electrons. The van der Waals surface area contributed by atoms with Crippen LogP contribution >= 0.6 is 11.6 Å². The Kier molecular flexibility index (Phi) is 4.18. The number of fused-ring (bicyclic) bond motifs is 1. The molecule has 0 spiro atoms. The third-order valence-electron chi connectivity index (χ3n) is 4.32. The number of halogens is 1. The van der Waals surface area contributed by atoms with Crippen LogP contribution in [-0.2, 0) is 4.84 Å². The van der Waals surface area contributed by atoms with Gasteiger partial charge in [-0.1, -0.05) is 42.6 Å². The third kappa shape index (κ3) is 2.99. The summed E-state index contributed by atoms with van der Waals surface area (Å²) < 4.78 is 0. The molecule has 1 amide bonds. The summed E-state index contributed by atoms with van der Waals surface area (Å²) in [4.78, 5) is 18.1. The first-order valence-corrected chi connectivity index (χ1v) is 7.86. The Balaban J connectivity index is 1.86. The lowest BCUT2D eigenvalue weighted by molar-refractivity contribution is -0.0180. The quantitative estimate of drug-likeness (QED) is 0.803. The van der Waals surface area contributed by atoms with Crippen molar-refractivity contribution >= 4 is 23.4 Å². The van der Waals surface area contributed by atoms with Crippen molar-refractivity contribution in [1.82, 2.24) is 4.90 Å². The number of rotatable bonds is 1. The second-order valence-corrected chi connectivity index (χ2v) is 6.54. The first-order chi connectivity index (χ1) is 11.0. The van der Waals surface area contributed by atoms with Gasteiger partial charge in [-0.15, -0.1) is 0 Å². The number of benzene rings is 1. The van der Waals surface area contributed by atoms with Crippen molar-refractivity contribution in [1.29, 1.82) is 0 Å². The van der Waals surface area contributed by atoms with Crippen LogP contribution in [0.15, 0.2) is 29.4 Å². The summed E-state index contributed by atoms with van der Waals surface area (Å²) in [6.07, 6.45) is -1.55. The zero-order valence-electron chi connectivity index (χ0n) is 12.9. The van der Waals surface area contributed by atoms with Crippen LogP contribution in [-0.4, -0.2) is 34.6 Å². The highest BCUT2D eigenvalue weighted by molar-refractivity contribution is 6.30. The van der Waals surface area contributed by atoms with Crippen molar-refractivity contribution in [3.8, 4) is 11.8 Å². The highest BCUT2D eigenvalue weighted by atomic mass is 35.5. The first-order valence-electron chi connectivity index (χ1n) is 7.48. The number of nitrogens with zero attached hydrogens (tertiary/aromatic N) is 2. The molecule has 0 aliphatic carbocycles. The summed E-state index contributed by atoms with van der Waals surface area (Å²) >= 11 is 5.95. The van der Waals surface area contributed by atoms with Crippen LogP contribution in [0.3, 0.4) is 0 Å². The maximum absolute atomic E-state index is 11.4. The molecule has 0 saturated carbocycles. The average molecular weight is 333 g/mol. The Hall–Kier alpha value is -2.19. The van der Waals surface area contributed by atoms with Crippen LogP contribution in [0.4, 0.5) is 4.79 Å². The fourth-order valence-electron chi connectivity index (χ4n) is 3.10. The highest BCUT2D eigenvalue weighted by Crippen LogP contribution is 2.39. The molecular weight excluding hydrogens is 316 g/mol. The molecule has 23 heavy (non-hydrogen) atoms. The van der Waals surface area contributed by atoms with Gasteiger partial charge in [-0.25, -0.2) is 4.79 Å². The second-order valence-electron chi connectivity index (χ2n) is 6.10. The molecule has 2 aliphatic heterocycles. The van der Waals surface area contributed by atoms with Gasteiger partial charge in [0.15, 0.2) is 0 Å². The molecule has 1 aromatic carbocycles. The molecule has 2 heterocycles.